The van der Waals surface area contributed by atoms with Crippen molar-refractivity contribution in [3.05, 3.63) is 106 Å². The fourth-order valence-corrected chi connectivity index (χ4v) is 9.82. The van der Waals surface area contributed by atoms with E-state index in [1.165, 1.54) is 16.5 Å². The molecule has 0 fully saturated rings. The van der Waals surface area contributed by atoms with Crippen molar-refractivity contribution in [2.24, 2.45) is 0 Å². The highest BCUT2D eigenvalue weighted by Crippen LogP contribution is 2.45. The molecule has 9 rings (SSSR count). The lowest BCUT2D eigenvalue weighted by molar-refractivity contribution is 0.672. The lowest BCUT2D eigenvalue weighted by Crippen LogP contribution is -2.37. The zero-order chi connectivity index (χ0) is 40.3. The summed E-state index contributed by atoms with van der Waals surface area (Å²) in [6, 6.07) is 29.4. The predicted molar refractivity (Wildman–Crippen MR) is 225 cm³/mol. The molecule has 0 aliphatic heterocycles. The van der Waals surface area contributed by atoms with E-state index in [1.807, 2.05) is 36.4 Å². The third-order valence-corrected chi connectivity index (χ3v) is 13.6. The Bertz CT molecular complexity index is 2950. The van der Waals surface area contributed by atoms with Gasteiger partial charge in [-0.3, -0.25) is 4.57 Å². The molecule has 1 aliphatic rings. The number of aromatic nitrogens is 3. The Morgan fingerprint density at radius 2 is 1.55 bits per heavy atom. The average molecular weight is 733 g/mol. The number of para-hydroxylation sites is 1. The predicted octanol–water partition coefficient (Wildman–Crippen LogP) is 12.4. The molecule has 264 valence electrons. The van der Waals surface area contributed by atoms with E-state index in [2.05, 4.69) is 99.4 Å². The van der Waals surface area contributed by atoms with E-state index < -0.39 is 20.8 Å². The number of benzene rings is 5. The maximum atomic E-state index is 9.66. The number of imidazole rings is 1. The van der Waals surface area contributed by atoms with E-state index in [0.29, 0.717) is 49.7 Å². The maximum Gasteiger partial charge on any atom is 0.195 e. The van der Waals surface area contributed by atoms with Gasteiger partial charge < -0.3 is 4.42 Å². The van der Waals surface area contributed by atoms with Crippen molar-refractivity contribution in [3.8, 4) is 34.3 Å². The topological polar surface area (TPSA) is 67.6 Å². The molecule has 0 N–H and O–H groups in total. The Morgan fingerprint density at radius 1 is 0.830 bits per heavy atom. The SMILES string of the molecule is [2H]C1([2H])CCC([2H])([2H])c2c1ccc1nc(-c3cccc4c3oc3c4ccc4sc(C#N)nc43)n(-c3c(C(C)C)cc(-c4ccc([Si](C)(C)C)cc4)cc3C(C)C)c21. The highest BCUT2D eigenvalue weighted by molar-refractivity contribution is 7.19. The van der Waals surface area contributed by atoms with Crippen LogP contribution in [0.2, 0.25) is 19.6 Å². The molecular weight excluding hydrogens is 685 g/mol. The van der Waals surface area contributed by atoms with Gasteiger partial charge in [-0.1, -0.05) is 95.0 Å². The van der Waals surface area contributed by atoms with Crippen molar-refractivity contribution in [2.75, 3.05) is 0 Å². The smallest absolute Gasteiger partial charge is 0.195 e. The molecule has 7 heteroatoms. The van der Waals surface area contributed by atoms with Crippen molar-refractivity contribution in [1.29, 1.82) is 5.26 Å². The van der Waals surface area contributed by atoms with Crippen LogP contribution in [0, 0.1) is 11.3 Å². The van der Waals surface area contributed by atoms with Crippen LogP contribution in [0.5, 0.6) is 0 Å². The molecule has 0 atom stereocenters. The van der Waals surface area contributed by atoms with Crippen LogP contribution in [-0.4, -0.2) is 22.6 Å². The Hall–Kier alpha value is -5.03. The number of hydrogen-bond acceptors (Lipinski definition) is 5. The summed E-state index contributed by atoms with van der Waals surface area (Å²) in [5.74, 6) is 0.732. The van der Waals surface area contributed by atoms with Gasteiger partial charge in [0.25, 0.3) is 0 Å². The first-order valence-electron chi connectivity index (χ1n) is 20.5. The molecule has 0 radical (unpaired) electrons. The van der Waals surface area contributed by atoms with E-state index >= 15 is 0 Å². The van der Waals surface area contributed by atoms with Crippen LogP contribution >= 0.6 is 11.3 Å². The normalized spacial score (nSPS) is 16.6. The van der Waals surface area contributed by atoms with Gasteiger partial charge >= 0.3 is 0 Å². The molecule has 5 nitrogen and oxygen atoms in total. The minimum absolute atomic E-state index is 0.0561. The van der Waals surface area contributed by atoms with Crippen molar-refractivity contribution in [3.63, 3.8) is 0 Å². The summed E-state index contributed by atoms with van der Waals surface area (Å²) in [5, 5.41) is 13.2. The third kappa shape index (κ3) is 5.45. The number of thiazole rings is 1. The second kappa shape index (κ2) is 12.5. The van der Waals surface area contributed by atoms with Gasteiger partial charge in [0.15, 0.2) is 10.6 Å². The largest absolute Gasteiger partial charge is 0.453 e. The van der Waals surface area contributed by atoms with Crippen LogP contribution < -0.4 is 5.19 Å². The fourth-order valence-electron chi connectivity index (χ4n) is 7.89. The van der Waals surface area contributed by atoms with Crippen molar-refractivity contribution >= 4 is 67.8 Å². The summed E-state index contributed by atoms with van der Waals surface area (Å²) in [7, 11) is -1.50. The number of hydrogen-bond donors (Lipinski definition) is 0. The van der Waals surface area contributed by atoms with E-state index in [0.717, 1.165) is 49.0 Å². The van der Waals surface area contributed by atoms with Crippen LogP contribution in [0.4, 0.5) is 0 Å². The summed E-state index contributed by atoms with van der Waals surface area (Å²) in [6.07, 6.45) is -3.36. The first kappa shape index (κ1) is 29.4. The van der Waals surface area contributed by atoms with Gasteiger partial charge in [-0.2, -0.15) is 5.26 Å². The van der Waals surface area contributed by atoms with E-state index in [9.17, 15) is 8.00 Å². The zero-order valence-corrected chi connectivity index (χ0v) is 33.0. The molecule has 3 heterocycles. The molecule has 53 heavy (non-hydrogen) atoms. The number of nitriles is 1. The number of furan rings is 1. The second-order valence-electron chi connectivity index (χ2n) is 15.8. The number of fused-ring (bicyclic) bond motifs is 8. The number of nitrogens with zero attached hydrogens (tertiary/aromatic N) is 4. The summed E-state index contributed by atoms with van der Waals surface area (Å²) in [5.41, 5.74) is 9.88. The maximum absolute atomic E-state index is 9.66. The van der Waals surface area contributed by atoms with Gasteiger partial charge in [0.05, 0.1) is 35.1 Å². The number of aryl methyl sites for hydroxylation is 2. The van der Waals surface area contributed by atoms with Crippen molar-refractivity contribution in [1.82, 2.24) is 14.5 Å². The average Bonchev–Trinajstić information content (AvgIpc) is 3.88. The van der Waals surface area contributed by atoms with Crippen LogP contribution in [0.15, 0.2) is 83.3 Å². The molecule has 3 aromatic heterocycles. The highest BCUT2D eigenvalue weighted by atomic mass is 32.1. The van der Waals surface area contributed by atoms with E-state index in [4.69, 9.17) is 12.1 Å². The molecular formula is C46H44N4OSSi. The first-order chi connectivity index (χ1) is 27.0. The van der Waals surface area contributed by atoms with Gasteiger partial charge in [0.2, 0.25) is 0 Å². The van der Waals surface area contributed by atoms with Crippen LogP contribution in [-0.2, 0) is 12.7 Å². The molecule has 5 aromatic carbocycles. The molecule has 0 saturated heterocycles. The summed E-state index contributed by atoms with van der Waals surface area (Å²) < 4.78 is 46.8. The highest BCUT2D eigenvalue weighted by Gasteiger charge is 2.28. The second-order valence-corrected chi connectivity index (χ2v) is 21.9. The lowest BCUT2D eigenvalue weighted by Gasteiger charge is -2.26. The fraction of sp³-hybridized carbons (Fsp3) is 0.283. The van der Waals surface area contributed by atoms with Crippen LogP contribution in [0.1, 0.15) is 85.1 Å². The Labute approximate surface area is 321 Å². The number of rotatable bonds is 6. The summed E-state index contributed by atoms with van der Waals surface area (Å²) in [4.78, 5) is 9.97. The monoisotopic (exact) mass is 732 g/mol. The molecule has 8 aromatic rings. The molecule has 1 aliphatic carbocycles. The van der Waals surface area contributed by atoms with E-state index in [-0.39, 0.29) is 24.7 Å². The standard InChI is InChI=1S/C46H44N4OSSi/c1-26(2)36-23-30(28-15-18-31(19-16-28)53(5,6)7)24-37(27(3)4)42(36)50-43-32-12-9-8-11-29(32)17-21-38(43)48-46(50)35-14-10-13-33-34-20-22-39-41(45(34)51-44(33)35)49-40(25-47)52-39/h10,13-24,26-27H,8-9,11-12H2,1-7H3/i11D2,12D2. The third-order valence-electron chi connectivity index (χ3n) is 10.6. The van der Waals surface area contributed by atoms with Crippen molar-refractivity contribution < 1.29 is 9.90 Å². The first-order valence-corrected chi connectivity index (χ1v) is 22.8. The molecule has 0 amide bonds. The Morgan fingerprint density at radius 3 is 2.25 bits per heavy atom. The minimum atomic E-state index is -1.80. The molecule has 0 bridgehead atoms. The van der Waals surface area contributed by atoms with Gasteiger partial charge in [-0.05, 0) is 107 Å². The zero-order valence-electron chi connectivity index (χ0n) is 35.2. The molecule has 0 saturated carbocycles. The molecule has 0 spiro atoms. The Balaban J connectivity index is 1.41. The van der Waals surface area contributed by atoms with Gasteiger partial charge in [0, 0.05) is 16.3 Å². The summed E-state index contributed by atoms with van der Waals surface area (Å²) >= 11 is 1.33. The van der Waals surface area contributed by atoms with Gasteiger partial charge in [-0.15, -0.1) is 11.3 Å². The van der Waals surface area contributed by atoms with Gasteiger partial charge in [-0.25, -0.2) is 9.97 Å². The lowest BCUT2D eigenvalue weighted by atomic mass is 9.87. The van der Waals surface area contributed by atoms with Gasteiger partial charge in [0.1, 0.15) is 23.0 Å². The quantitative estimate of drug-likeness (QED) is 0.160. The van der Waals surface area contributed by atoms with Crippen LogP contribution in [0.25, 0.3) is 71.4 Å². The Kier molecular flexibility index (Phi) is 6.96. The minimum Gasteiger partial charge on any atom is -0.453 e. The van der Waals surface area contributed by atoms with E-state index in [1.54, 1.807) is 6.07 Å². The molecule has 0 unspecified atom stereocenters. The summed E-state index contributed by atoms with van der Waals surface area (Å²) in [6.45, 7) is 15.9. The van der Waals surface area contributed by atoms with Crippen LogP contribution in [0.3, 0.4) is 0 Å². The van der Waals surface area contributed by atoms with Crippen molar-refractivity contribution in [2.45, 2.75) is 84.8 Å².